The van der Waals surface area contributed by atoms with Gasteiger partial charge in [0.15, 0.2) is 0 Å². The van der Waals surface area contributed by atoms with Crippen molar-refractivity contribution < 1.29 is 0 Å². The lowest BCUT2D eigenvalue weighted by Crippen LogP contribution is -2.13. The molecule has 2 nitrogen and oxygen atoms in total. The SMILES string of the molecule is CCc1cc(C2CCCc3cccnc32)ccc1N. The predicted octanol–water partition coefficient (Wildman–Crippen LogP) is 3.69. The van der Waals surface area contributed by atoms with Crippen LogP contribution in [0.2, 0.25) is 0 Å². The topological polar surface area (TPSA) is 38.9 Å². The van der Waals surface area contributed by atoms with Crippen LogP contribution in [-0.4, -0.2) is 4.98 Å². The van der Waals surface area contributed by atoms with Gasteiger partial charge in [-0.3, -0.25) is 4.98 Å². The highest BCUT2D eigenvalue weighted by Crippen LogP contribution is 2.36. The van der Waals surface area contributed by atoms with Crippen LogP contribution in [0.15, 0.2) is 36.5 Å². The molecule has 3 rings (SSSR count). The van der Waals surface area contributed by atoms with E-state index < -0.39 is 0 Å². The molecule has 1 aliphatic rings. The third-order valence-corrected chi connectivity index (χ3v) is 4.15. The number of nitrogens with zero attached hydrogens (tertiary/aromatic N) is 1. The summed E-state index contributed by atoms with van der Waals surface area (Å²) in [7, 11) is 0. The van der Waals surface area contributed by atoms with Crippen LogP contribution >= 0.6 is 0 Å². The fourth-order valence-electron chi connectivity index (χ4n) is 3.08. The molecule has 19 heavy (non-hydrogen) atoms. The van der Waals surface area contributed by atoms with E-state index in [0.29, 0.717) is 5.92 Å². The maximum atomic E-state index is 6.01. The van der Waals surface area contributed by atoms with E-state index in [9.17, 15) is 0 Å². The van der Waals surface area contributed by atoms with Crippen LogP contribution in [0.5, 0.6) is 0 Å². The van der Waals surface area contributed by atoms with Crippen molar-refractivity contribution in [2.45, 2.75) is 38.5 Å². The normalized spacial score (nSPS) is 18.1. The van der Waals surface area contributed by atoms with Gasteiger partial charge >= 0.3 is 0 Å². The molecule has 1 aromatic heterocycles. The highest BCUT2D eigenvalue weighted by molar-refractivity contribution is 5.50. The van der Waals surface area contributed by atoms with E-state index >= 15 is 0 Å². The van der Waals surface area contributed by atoms with Crippen LogP contribution in [-0.2, 0) is 12.8 Å². The number of pyridine rings is 1. The van der Waals surface area contributed by atoms with Crippen LogP contribution < -0.4 is 5.73 Å². The second-order valence-corrected chi connectivity index (χ2v) is 5.30. The van der Waals surface area contributed by atoms with Gasteiger partial charge in [0.2, 0.25) is 0 Å². The third kappa shape index (κ3) is 2.23. The van der Waals surface area contributed by atoms with Gasteiger partial charge < -0.3 is 5.73 Å². The van der Waals surface area contributed by atoms with E-state index in [1.54, 1.807) is 0 Å². The van der Waals surface area contributed by atoms with Gasteiger partial charge in [-0.25, -0.2) is 0 Å². The lowest BCUT2D eigenvalue weighted by molar-refractivity contribution is 0.598. The van der Waals surface area contributed by atoms with Gasteiger partial charge in [-0.1, -0.05) is 25.1 Å². The molecular weight excluding hydrogens is 232 g/mol. The molecule has 2 heteroatoms. The fraction of sp³-hybridized carbons (Fsp3) is 0.353. The Balaban J connectivity index is 2.04. The zero-order chi connectivity index (χ0) is 13.2. The smallest absolute Gasteiger partial charge is 0.0510 e. The maximum Gasteiger partial charge on any atom is 0.0510 e. The standard InChI is InChI=1S/C17H20N2/c1-2-12-11-14(8-9-16(12)18)15-7-3-5-13-6-4-10-19-17(13)15/h4,6,8-11,15H,2-3,5,7,18H2,1H3. The molecule has 0 saturated heterocycles. The van der Waals surface area contributed by atoms with Crippen molar-refractivity contribution in [3.63, 3.8) is 0 Å². The molecule has 0 aliphatic heterocycles. The van der Waals surface area contributed by atoms with E-state index in [2.05, 4.69) is 30.1 Å². The van der Waals surface area contributed by atoms with Crippen LogP contribution in [0.3, 0.4) is 0 Å². The molecule has 0 saturated carbocycles. The second kappa shape index (κ2) is 5.04. The summed E-state index contributed by atoms with van der Waals surface area (Å²) in [5.41, 5.74) is 12.2. The van der Waals surface area contributed by atoms with Crippen LogP contribution in [0.4, 0.5) is 5.69 Å². The average Bonchev–Trinajstić information content (AvgIpc) is 2.47. The number of anilines is 1. The van der Waals surface area contributed by atoms with Crippen LogP contribution in [0.25, 0.3) is 0 Å². The molecule has 1 aliphatic carbocycles. The Morgan fingerprint density at radius 2 is 2.21 bits per heavy atom. The zero-order valence-electron chi connectivity index (χ0n) is 11.4. The first-order valence-electron chi connectivity index (χ1n) is 7.11. The van der Waals surface area contributed by atoms with Crippen molar-refractivity contribution in [2.24, 2.45) is 0 Å². The van der Waals surface area contributed by atoms with Crippen molar-refractivity contribution >= 4 is 5.69 Å². The Morgan fingerprint density at radius 3 is 3.05 bits per heavy atom. The number of fused-ring (bicyclic) bond motifs is 1. The molecule has 0 spiro atoms. The Labute approximate surface area is 114 Å². The number of benzene rings is 1. The number of hydrogen-bond acceptors (Lipinski definition) is 2. The first-order valence-corrected chi connectivity index (χ1v) is 7.11. The van der Waals surface area contributed by atoms with Gasteiger partial charge in [0.25, 0.3) is 0 Å². The van der Waals surface area contributed by atoms with Crippen molar-refractivity contribution in [1.29, 1.82) is 0 Å². The Hall–Kier alpha value is -1.83. The van der Waals surface area contributed by atoms with Gasteiger partial charge in [0.05, 0.1) is 5.69 Å². The Morgan fingerprint density at radius 1 is 1.32 bits per heavy atom. The summed E-state index contributed by atoms with van der Waals surface area (Å²) in [6.07, 6.45) is 6.50. The second-order valence-electron chi connectivity index (χ2n) is 5.30. The van der Waals surface area contributed by atoms with Crippen LogP contribution in [0.1, 0.15) is 48.1 Å². The van der Waals surface area contributed by atoms with E-state index in [1.807, 2.05) is 18.3 Å². The summed E-state index contributed by atoms with van der Waals surface area (Å²) in [6, 6.07) is 10.7. The molecule has 0 amide bonds. The van der Waals surface area contributed by atoms with Gasteiger partial charge in [0.1, 0.15) is 0 Å². The number of rotatable bonds is 2. The van der Waals surface area contributed by atoms with Crippen molar-refractivity contribution in [2.75, 3.05) is 5.73 Å². The predicted molar refractivity (Wildman–Crippen MR) is 79.3 cm³/mol. The number of nitrogen functional groups attached to an aromatic ring is 1. The molecule has 1 aromatic carbocycles. The lowest BCUT2D eigenvalue weighted by Gasteiger charge is -2.25. The van der Waals surface area contributed by atoms with Gasteiger partial charge in [-0.05, 0) is 54.5 Å². The quantitative estimate of drug-likeness (QED) is 0.828. The molecule has 1 unspecified atom stereocenters. The minimum atomic E-state index is 0.441. The minimum absolute atomic E-state index is 0.441. The molecule has 0 bridgehead atoms. The fourth-order valence-corrected chi connectivity index (χ4v) is 3.08. The highest BCUT2D eigenvalue weighted by Gasteiger charge is 2.23. The molecular formula is C17H20N2. The van der Waals surface area contributed by atoms with Crippen molar-refractivity contribution in [3.8, 4) is 0 Å². The van der Waals surface area contributed by atoms with E-state index in [-0.39, 0.29) is 0 Å². The van der Waals surface area contributed by atoms with E-state index in [0.717, 1.165) is 18.5 Å². The van der Waals surface area contributed by atoms with E-state index in [4.69, 9.17) is 5.73 Å². The molecule has 0 fully saturated rings. The maximum absolute atomic E-state index is 6.01. The van der Waals surface area contributed by atoms with E-state index in [1.165, 1.54) is 35.2 Å². The largest absolute Gasteiger partial charge is 0.399 e. The first-order chi connectivity index (χ1) is 9.29. The molecule has 1 heterocycles. The summed E-state index contributed by atoms with van der Waals surface area (Å²) < 4.78 is 0. The Kier molecular flexibility index (Phi) is 3.24. The van der Waals surface area contributed by atoms with Gasteiger partial charge in [0, 0.05) is 17.8 Å². The zero-order valence-corrected chi connectivity index (χ0v) is 11.4. The number of nitrogens with two attached hydrogens (primary N) is 1. The van der Waals surface area contributed by atoms with Gasteiger partial charge in [-0.15, -0.1) is 0 Å². The lowest BCUT2D eigenvalue weighted by atomic mass is 9.81. The summed E-state index contributed by atoms with van der Waals surface area (Å²) in [6.45, 7) is 2.16. The average molecular weight is 252 g/mol. The molecule has 2 aromatic rings. The number of aryl methyl sites for hydroxylation is 2. The van der Waals surface area contributed by atoms with Crippen molar-refractivity contribution in [3.05, 3.63) is 58.9 Å². The van der Waals surface area contributed by atoms with Gasteiger partial charge in [-0.2, -0.15) is 0 Å². The summed E-state index contributed by atoms with van der Waals surface area (Å²) >= 11 is 0. The summed E-state index contributed by atoms with van der Waals surface area (Å²) in [5.74, 6) is 0.441. The minimum Gasteiger partial charge on any atom is -0.399 e. The van der Waals surface area contributed by atoms with Crippen LogP contribution in [0, 0.1) is 0 Å². The number of aromatic nitrogens is 1. The van der Waals surface area contributed by atoms with Crippen molar-refractivity contribution in [1.82, 2.24) is 4.98 Å². The summed E-state index contributed by atoms with van der Waals surface area (Å²) in [4.78, 5) is 4.62. The third-order valence-electron chi connectivity index (χ3n) is 4.15. The Bertz CT molecular complexity index is 590. The molecule has 0 radical (unpaired) electrons. The molecule has 98 valence electrons. The first kappa shape index (κ1) is 12.2. The molecule has 1 atom stereocenters. The number of hydrogen-bond donors (Lipinski definition) is 1. The summed E-state index contributed by atoms with van der Waals surface area (Å²) in [5, 5.41) is 0. The highest BCUT2D eigenvalue weighted by atomic mass is 14.7. The molecule has 2 N–H and O–H groups in total. The monoisotopic (exact) mass is 252 g/mol.